The summed E-state index contributed by atoms with van der Waals surface area (Å²) in [4.78, 5) is 22.2. The number of morpholine rings is 1. The quantitative estimate of drug-likeness (QED) is 0.532. The van der Waals surface area contributed by atoms with Gasteiger partial charge >= 0.3 is 0 Å². The molecule has 0 radical (unpaired) electrons. The number of likely N-dealkylation sites (tertiary alicyclic amines) is 1. The van der Waals surface area contributed by atoms with E-state index in [-0.39, 0.29) is 23.6 Å². The summed E-state index contributed by atoms with van der Waals surface area (Å²) in [5.41, 5.74) is 0. The highest BCUT2D eigenvalue weighted by molar-refractivity contribution is 5.79. The maximum absolute atomic E-state index is 13.5. The average Bonchev–Trinajstić information content (AvgIpc) is 3.25. The fourth-order valence-corrected chi connectivity index (χ4v) is 4.75. The zero-order valence-corrected chi connectivity index (χ0v) is 20.0. The zero-order valence-electron chi connectivity index (χ0n) is 20.0. The number of imidazole rings is 1. The van der Waals surface area contributed by atoms with Crippen LogP contribution < -0.4 is 10.1 Å². The van der Waals surface area contributed by atoms with Crippen molar-refractivity contribution in [1.29, 1.82) is 0 Å². The summed E-state index contributed by atoms with van der Waals surface area (Å²) < 4.78 is 26.8. The number of amides is 1. The van der Waals surface area contributed by atoms with Gasteiger partial charge in [0.15, 0.2) is 0 Å². The van der Waals surface area contributed by atoms with Crippen LogP contribution in [0.2, 0.25) is 0 Å². The number of aromatic nitrogens is 2. The number of carbonyl (C=O) groups is 1. The van der Waals surface area contributed by atoms with Crippen LogP contribution in [0.3, 0.4) is 0 Å². The van der Waals surface area contributed by atoms with Crippen molar-refractivity contribution in [3.8, 4) is 5.75 Å². The van der Waals surface area contributed by atoms with Crippen LogP contribution in [0, 0.1) is 17.7 Å². The van der Waals surface area contributed by atoms with Crippen molar-refractivity contribution in [2.45, 2.75) is 19.4 Å². The minimum atomic E-state index is -0.313. The van der Waals surface area contributed by atoms with Gasteiger partial charge in [0.05, 0.1) is 32.3 Å². The first kappa shape index (κ1) is 24.6. The Morgan fingerprint density at radius 1 is 1.26 bits per heavy atom. The number of nitrogens with one attached hydrogen (secondary N) is 1. The standard InChI is InChI=1S/C25H36FN5O3/c1-29-9-7-27-24(29)18-31-16-20(19-34-23-5-2-4-22(26)15-23)14-21(17-31)25(32)28-6-3-8-30-10-12-33-13-11-30/h2,4-5,7,9,15,20-21H,3,6,8,10-14,16-19H2,1H3,(H,28,32)/t20-,21+/m0/s1. The topological polar surface area (TPSA) is 71.9 Å². The maximum Gasteiger partial charge on any atom is 0.224 e. The van der Waals surface area contributed by atoms with Gasteiger partial charge in [0.2, 0.25) is 5.91 Å². The molecule has 2 aliphatic rings. The Morgan fingerprint density at radius 2 is 2.12 bits per heavy atom. The van der Waals surface area contributed by atoms with Crippen molar-refractivity contribution in [2.24, 2.45) is 18.9 Å². The van der Waals surface area contributed by atoms with Gasteiger partial charge in [0.25, 0.3) is 0 Å². The molecule has 2 fully saturated rings. The monoisotopic (exact) mass is 473 g/mol. The van der Waals surface area contributed by atoms with Crippen LogP contribution in [-0.4, -0.2) is 84.3 Å². The van der Waals surface area contributed by atoms with Gasteiger partial charge in [0, 0.05) is 64.1 Å². The molecule has 0 unspecified atom stereocenters. The van der Waals surface area contributed by atoms with Crippen molar-refractivity contribution < 1.29 is 18.7 Å². The van der Waals surface area contributed by atoms with E-state index in [1.54, 1.807) is 18.3 Å². The molecule has 3 heterocycles. The number of benzene rings is 1. The van der Waals surface area contributed by atoms with Gasteiger partial charge in [-0.2, -0.15) is 0 Å². The number of nitrogens with zero attached hydrogens (tertiary/aromatic N) is 4. The van der Waals surface area contributed by atoms with Gasteiger partial charge in [-0.3, -0.25) is 14.6 Å². The van der Waals surface area contributed by atoms with Gasteiger partial charge in [0.1, 0.15) is 17.4 Å². The third kappa shape index (κ3) is 7.25. The lowest BCUT2D eigenvalue weighted by atomic mass is 9.89. The van der Waals surface area contributed by atoms with Crippen molar-refractivity contribution in [1.82, 2.24) is 24.7 Å². The van der Waals surface area contributed by atoms with Crippen LogP contribution in [0.4, 0.5) is 4.39 Å². The Bertz CT molecular complexity index is 917. The van der Waals surface area contributed by atoms with E-state index in [2.05, 4.69) is 20.1 Å². The molecule has 0 spiro atoms. The molecule has 2 saturated heterocycles. The molecule has 2 aliphatic heterocycles. The summed E-state index contributed by atoms with van der Waals surface area (Å²) in [7, 11) is 1.98. The third-order valence-corrected chi connectivity index (χ3v) is 6.61. The molecule has 0 bridgehead atoms. The molecule has 2 atom stereocenters. The Balaban J connectivity index is 1.31. The molecule has 0 aliphatic carbocycles. The minimum Gasteiger partial charge on any atom is -0.493 e. The van der Waals surface area contributed by atoms with Gasteiger partial charge in [-0.15, -0.1) is 0 Å². The summed E-state index contributed by atoms with van der Waals surface area (Å²) in [6, 6.07) is 6.21. The molecule has 1 N–H and O–H groups in total. The predicted molar refractivity (Wildman–Crippen MR) is 127 cm³/mol. The molecule has 34 heavy (non-hydrogen) atoms. The highest BCUT2D eigenvalue weighted by Gasteiger charge is 2.32. The van der Waals surface area contributed by atoms with Crippen molar-refractivity contribution in [2.75, 3.05) is 59.1 Å². The van der Waals surface area contributed by atoms with Crippen LogP contribution in [0.1, 0.15) is 18.7 Å². The van der Waals surface area contributed by atoms with Gasteiger partial charge < -0.3 is 19.4 Å². The first-order valence-corrected chi connectivity index (χ1v) is 12.2. The second-order valence-electron chi connectivity index (χ2n) is 9.31. The summed E-state index contributed by atoms with van der Waals surface area (Å²) >= 11 is 0. The molecule has 2 aromatic rings. The van der Waals surface area contributed by atoms with E-state index in [0.717, 1.165) is 58.1 Å². The fourth-order valence-electron chi connectivity index (χ4n) is 4.75. The summed E-state index contributed by atoms with van der Waals surface area (Å²) in [5.74, 6) is 1.33. The molecular weight excluding hydrogens is 437 g/mol. The molecule has 8 nitrogen and oxygen atoms in total. The molecular formula is C25H36FN5O3. The highest BCUT2D eigenvalue weighted by atomic mass is 19.1. The van der Waals surface area contributed by atoms with Gasteiger partial charge in [-0.1, -0.05) is 6.07 Å². The summed E-state index contributed by atoms with van der Waals surface area (Å²) in [5, 5.41) is 3.15. The average molecular weight is 474 g/mol. The Kier molecular flexibility index (Phi) is 8.90. The second kappa shape index (κ2) is 12.3. The van der Waals surface area contributed by atoms with E-state index >= 15 is 0 Å². The normalized spacial score (nSPS) is 21.9. The lowest BCUT2D eigenvalue weighted by Crippen LogP contribution is -2.48. The van der Waals surface area contributed by atoms with E-state index in [1.165, 1.54) is 12.1 Å². The molecule has 1 amide bonds. The van der Waals surface area contributed by atoms with Crippen LogP contribution in [-0.2, 0) is 23.1 Å². The van der Waals surface area contributed by atoms with Crippen molar-refractivity contribution >= 4 is 5.91 Å². The maximum atomic E-state index is 13.5. The number of carbonyl (C=O) groups excluding carboxylic acids is 1. The number of halogens is 1. The number of piperidine rings is 1. The van der Waals surface area contributed by atoms with E-state index in [0.29, 0.717) is 32.0 Å². The third-order valence-electron chi connectivity index (χ3n) is 6.61. The number of hydrogen-bond acceptors (Lipinski definition) is 6. The van der Waals surface area contributed by atoms with Crippen LogP contribution >= 0.6 is 0 Å². The highest BCUT2D eigenvalue weighted by Crippen LogP contribution is 2.25. The Hall–Kier alpha value is -2.49. The smallest absolute Gasteiger partial charge is 0.224 e. The first-order chi connectivity index (χ1) is 16.6. The van der Waals surface area contributed by atoms with E-state index < -0.39 is 0 Å². The van der Waals surface area contributed by atoms with Crippen molar-refractivity contribution in [3.05, 3.63) is 48.3 Å². The summed E-state index contributed by atoms with van der Waals surface area (Å²) in [6.07, 6.45) is 5.41. The predicted octanol–water partition coefficient (Wildman–Crippen LogP) is 1.91. The minimum absolute atomic E-state index is 0.0993. The van der Waals surface area contributed by atoms with Crippen LogP contribution in [0.15, 0.2) is 36.7 Å². The summed E-state index contributed by atoms with van der Waals surface area (Å²) in [6.45, 7) is 7.79. The molecule has 0 saturated carbocycles. The number of rotatable bonds is 10. The molecule has 4 rings (SSSR count). The second-order valence-corrected chi connectivity index (χ2v) is 9.31. The Morgan fingerprint density at radius 3 is 2.88 bits per heavy atom. The zero-order chi connectivity index (χ0) is 23.8. The lowest BCUT2D eigenvalue weighted by Gasteiger charge is -2.37. The number of hydrogen-bond donors (Lipinski definition) is 1. The van der Waals surface area contributed by atoms with Crippen molar-refractivity contribution in [3.63, 3.8) is 0 Å². The molecule has 186 valence electrons. The molecule has 1 aromatic heterocycles. The van der Waals surface area contributed by atoms with E-state index in [9.17, 15) is 9.18 Å². The SMILES string of the molecule is Cn1ccnc1CN1C[C@@H](COc2cccc(F)c2)C[C@@H](C(=O)NCCCN2CCOCC2)C1. The fraction of sp³-hybridized carbons (Fsp3) is 0.600. The lowest BCUT2D eigenvalue weighted by molar-refractivity contribution is -0.127. The molecule has 1 aromatic carbocycles. The Labute approximate surface area is 201 Å². The number of aryl methyl sites for hydroxylation is 1. The van der Waals surface area contributed by atoms with E-state index in [4.69, 9.17) is 9.47 Å². The van der Waals surface area contributed by atoms with Gasteiger partial charge in [-0.05, 0) is 31.5 Å². The molecule has 9 heteroatoms. The van der Waals surface area contributed by atoms with Crippen LogP contribution in [0.5, 0.6) is 5.75 Å². The van der Waals surface area contributed by atoms with Gasteiger partial charge in [-0.25, -0.2) is 9.37 Å². The first-order valence-electron chi connectivity index (χ1n) is 12.2. The number of ether oxygens (including phenoxy) is 2. The van der Waals surface area contributed by atoms with Crippen LogP contribution in [0.25, 0.3) is 0 Å². The van der Waals surface area contributed by atoms with E-state index in [1.807, 2.05) is 17.8 Å². The largest absolute Gasteiger partial charge is 0.493 e.